The molecule has 1 fully saturated rings. The van der Waals surface area contributed by atoms with Gasteiger partial charge in [0.1, 0.15) is 0 Å². The Morgan fingerprint density at radius 1 is 1.14 bits per heavy atom. The summed E-state index contributed by atoms with van der Waals surface area (Å²) >= 11 is 0. The van der Waals surface area contributed by atoms with Gasteiger partial charge in [0, 0.05) is 18.6 Å². The maximum absolute atomic E-state index is 3.68. The Bertz CT molecular complexity index is 410. The van der Waals surface area contributed by atoms with Crippen molar-refractivity contribution in [1.82, 2.24) is 10.2 Å². The highest BCUT2D eigenvalue weighted by molar-refractivity contribution is 5.27. The minimum Gasteiger partial charge on any atom is -0.309 e. The largest absolute Gasteiger partial charge is 0.309 e. The quantitative estimate of drug-likeness (QED) is 0.803. The van der Waals surface area contributed by atoms with Crippen molar-refractivity contribution < 1.29 is 0 Å². The second-order valence-electron chi connectivity index (χ2n) is 6.63. The van der Waals surface area contributed by atoms with Crippen LogP contribution in [0, 0.1) is 0 Å². The maximum Gasteiger partial charge on any atom is 0.0449 e. The van der Waals surface area contributed by atoms with E-state index in [9.17, 15) is 0 Å². The van der Waals surface area contributed by atoms with Gasteiger partial charge in [-0.05, 0) is 49.4 Å². The van der Waals surface area contributed by atoms with Crippen molar-refractivity contribution in [2.45, 2.75) is 65.0 Å². The molecule has 2 unspecified atom stereocenters. The molecule has 1 aromatic rings. The maximum atomic E-state index is 3.68. The predicted octanol–water partition coefficient (Wildman–Crippen LogP) is 4.34. The van der Waals surface area contributed by atoms with Gasteiger partial charge in [0.05, 0.1) is 0 Å². The SMILES string of the molecule is CCNC(CN1CCCC1CC)c1ccc(C(C)C)cc1. The van der Waals surface area contributed by atoms with Gasteiger partial charge in [-0.1, -0.05) is 52.0 Å². The van der Waals surface area contributed by atoms with E-state index in [-0.39, 0.29) is 0 Å². The van der Waals surface area contributed by atoms with Gasteiger partial charge < -0.3 is 5.32 Å². The van der Waals surface area contributed by atoms with Gasteiger partial charge in [-0.15, -0.1) is 0 Å². The van der Waals surface area contributed by atoms with Gasteiger partial charge >= 0.3 is 0 Å². The van der Waals surface area contributed by atoms with Crippen LogP contribution in [0.3, 0.4) is 0 Å². The first-order chi connectivity index (χ1) is 10.2. The molecule has 0 amide bonds. The van der Waals surface area contributed by atoms with Crippen molar-refractivity contribution in [3.05, 3.63) is 35.4 Å². The summed E-state index contributed by atoms with van der Waals surface area (Å²) in [6.07, 6.45) is 4.02. The lowest BCUT2D eigenvalue weighted by Gasteiger charge is -2.29. The highest BCUT2D eigenvalue weighted by Crippen LogP contribution is 2.25. The Kier molecular flexibility index (Phi) is 6.25. The van der Waals surface area contributed by atoms with Crippen LogP contribution in [-0.2, 0) is 0 Å². The fourth-order valence-corrected chi connectivity index (χ4v) is 3.48. The smallest absolute Gasteiger partial charge is 0.0449 e. The van der Waals surface area contributed by atoms with E-state index in [0.29, 0.717) is 12.0 Å². The summed E-state index contributed by atoms with van der Waals surface area (Å²) in [5, 5.41) is 3.68. The molecule has 0 bridgehead atoms. The standard InChI is InChI=1S/C19H32N2/c1-5-18-8-7-13-21(18)14-19(20-6-2)17-11-9-16(10-12-17)15(3)4/h9-12,15,18-20H,5-8,13-14H2,1-4H3. The van der Waals surface area contributed by atoms with Crippen molar-refractivity contribution in [1.29, 1.82) is 0 Å². The van der Waals surface area contributed by atoms with Gasteiger partial charge in [-0.25, -0.2) is 0 Å². The number of hydrogen-bond acceptors (Lipinski definition) is 2. The minimum atomic E-state index is 0.461. The Labute approximate surface area is 130 Å². The summed E-state index contributed by atoms with van der Waals surface area (Å²) in [4.78, 5) is 2.68. The Balaban J connectivity index is 2.07. The average Bonchev–Trinajstić information content (AvgIpc) is 2.94. The van der Waals surface area contributed by atoms with Gasteiger partial charge in [0.2, 0.25) is 0 Å². The zero-order valence-corrected chi connectivity index (χ0v) is 14.2. The van der Waals surface area contributed by atoms with Crippen LogP contribution in [0.15, 0.2) is 24.3 Å². The van der Waals surface area contributed by atoms with Gasteiger partial charge in [0.15, 0.2) is 0 Å². The summed E-state index contributed by atoms with van der Waals surface area (Å²) in [5.74, 6) is 0.611. The fourth-order valence-electron chi connectivity index (χ4n) is 3.48. The second-order valence-corrected chi connectivity index (χ2v) is 6.63. The second kappa shape index (κ2) is 7.95. The Hall–Kier alpha value is -0.860. The number of nitrogens with zero attached hydrogens (tertiary/aromatic N) is 1. The molecular weight excluding hydrogens is 256 g/mol. The first kappa shape index (κ1) is 16.5. The molecule has 0 saturated carbocycles. The Morgan fingerprint density at radius 3 is 2.38 bits per heavy atom. The van der Waals surface area contributed by atoms with Crippen LogP contribution in [0.1, 0.15) is 70.0 Å². The Morgan fingerprint density at radius 2 is 1.81 bits per heavy atom. The lowest BCUT2D eigenvalue weighted by atomic mass is 9.98. The topological polar surface area (TPSA) is 15.3 Å². The molecule has 118 valence electrons. The van der Waals surface area contributed by atoms with Crippen molar-refractivity contribution in [3.8, 4) is 0 Å². The van der Waals surface area contributed by atoms with Crippen molar-refractivity contribution in [2.24, 2.45) is 0 Å². The molecule has 0 radical (unpaired) electrons. The van der Waals surface area contributed by atoms with Crippen LogP contribution in [-0.4, -0.2) is 30.6 Å². The lowest BCUT2D eigenvalue weighted by molar-refractivity contribution is 0.221. The normalized spacial score (nSPS) is 21.1. The average molecular weight is 288 g/mol. The molecule has 2 atom stereocenters. The molecule has 1 aliphatic heterocycles. The fraction of sp³-hybridized carbons (Fsp3) is 0.684. The van der Waals surface area contributed by atoms with Gasteiger partial charge in [0.25, 0.3) is 0 Å². The third-order valence-electron chi connectivity index (χ3n) is 4.84. The monoisotopic (exact) mass is 288 g/mol. The third-order valence-corrected chi connectivity index (χ3v) is 4.84. The van der Waals surface area contributed by atoms with Gasteiger partial charge in [-0.3, -0.25) is 4.90 Å². The van der Waals surface area contributed by atoms with E-state index in [0.717, 1.165) is 19.1 Å². The molecule has 0 aromatic heterocycles. The molecule has 2 rings (SSSR count). The number of nitrogens with one attached hydrogen (secondary N) is 1. The molecule has 1 heterocycles. The molecule has 1 aliphatic rings. The number of benzene rings is 1. The van der Waals surface area contributed by atoms with E-state index < -0.39 is 0 Å². The van der Waals surface area contributed by atoms with Crippen LogP contribution in [0.5, 0.6) is 0 Å². The first-order valence-electron chi connectivity index (χ1n) is 8.73. The molecule has 1 N–H and O–H groups in total. The number of likely N-dealkylation sites (N-methyl/N-ethyl adjacent to an activating group) is 1. The van der Waals surface area contributed by atoms with Crippen LogP contribution >= 0.6 is 0 Å². The molecule has 2 heteroatoms. The van der Waals surface area contributed by atoms with Crippen LogP contribution < -0.4 is 5.32 Å². The minimum absolute atomic E-state index is 0.461. The molecule has 0 spiro atoms. The third kappa shape index (κ3) is 4.31. The van der Waals surface area contributed by atoms with Crippen molar-refractivity contribution in [2.75, 3.05) is 19.6 Å². The van der Waals surface area contributed by atoms with Crippen LogP contribution in [0.2, 0.25) is 0 Å². The summed E-state index contributed by atoms with van der Waals surface area (Å²) < 4.78 is 0. The lowest BCUT2D eigenvalue weighted by Crippen LogP contribution is -2.37. The highest BCUT2D eigenvalue weighted by atomic mass is 15.2. The molecule has 2 nitrogen and oxygen atoms in total. The van der Waals surface area contributed by atoms with Crippen molar-refractivity contribution in [3.63, 3.8) is 0 Å². The van der Waals surface area contributed by atoms with E-state index in [1.807, 2.05) is 0 Å². The van der Waals surface area contributed by atoms with Gasteiger partial charge in [-0.2, -0.15) is 0 Å². The number of hydrogen-bond donors (Lipinski definition) is 1. The molecule has 0 aliphatic carbocycles. The van der Waals surface area contributed by atoms with Crippen LogP contribution in [0.25, 0.3) is 0 Å². The summed E-state index contributed by atoms with van der Waals surface area (Å²) in [7, 11) is 0. The zero-order valence-electron chi connectivity index (χ0n) is 14.2. The van der Waals surface area contributed by atoms with Crippen LogP contribution in [0.4, 0.5) is 0 Å². The number of likely N-dealkylation sites (tertiary alicyclic amines) is 1. The molecule has 1 aromatic carbocycles. The van der Waals surface area contributed by atoms with E-state index in [1.54, 1.807) is 0 Å². The summed E-state index contributed by atoms with van der Waals surface area (Å²) in [6, 6.07) is 10.5. The summed E-state index contributed by atoms with van der Waals surface area (Å²) in [5.41, 5.74) is 2.87. The van der Waals surface area contributed by atoms with E-state index in [4.69, 9.17) is 0 Å². The van der Waals surface area contributed by atoms with E-state index in [1.165, 1.54) is 36.9 Å². The first-order valence-corrected chi connectivity index (χ1v) is 8.73. The molecule has 1 saturated heterocycles. The van der Waals surface area contributed by atoms with E-state index >= 15 is 0 Å². The predicted molar refractivity (Wildman–Crippen MR) is 91.8 cm³/mol. The highest BCUT2D eigenvalue weighted by Gasteiger charge is 2.25. The van der Waals surface area contributed by atoms with E-state index in [2.05, 4.69) is 62.2 Å². The number of rotatable bonds is 7. The zero-order chi connectivity index (χ0) is 15.2. The molecule has 21 heavy (non-hydrogen) atoms. The van der Waals surface area contributed by atoms with Crippen molar-refractivity contribution >= 4 is 0 Å². The summed E-state index contributed by atoms with van der Waals surface area (Å²) in [6.45, 7) is 12.5. The molecular formula is C19H32N2.